The largest absolute Gasteiger partial charge is 0.326 e. The van der Waals surface area contributed by atoms with E-state index in [1.54, 1.807) is 0 Å². The molecule has 2 aromatic rings. The van der Waals surface area contributed by atoms with Gasteiger partial charge in [0.2, 0.25) is 5.91 Å². The van der Waals surface area contributed by atoms with Crippen LogP contribution in [0.25, 0.3) is 0 Å². The lowest BCUT2D eigenvalue weighted by atomic mass is 10.1. The maximum atomic E-state index is 12.1. The molecule has 0 aliphatic heterocycles. The van der Waals surface area contributed by atoms with Crippen molar-refractivity contribution in [3.63, 3.8) is 0 Å². The fraction of sp³-hybridized carbons (Fsp3) is 0.278. The molecule has 3 heteroatoms. The van der Waals surface area contributed by atoms with Crippen LogP contribution in [-0.2, 0) is 11.2 Å². The molecule has 1 amide bonds. The number of halogens is 1. The molecule has 21 heavy (non-hydrogen) atoms. The van der Waals surface area contributed by atoms with E-state index < -0.39 is 0 Å². The van der Waals surface area contributed by atoms with Crippen LogP contribution < -0.4 is 5.32 Å². The highest BCUT2D eigenvalue weighted by Gasteiger charge is 2.10. The lowest BCUT2D eigenvalue weighted by molar-refractivity contribution is -0.116. The van der Waals surface area contributed by atoms with Crippen LogP contribution in [-0.4, -0.2) is 5.91 Å². The van der Waals surface area contributed by atoms with E-state index in [1.165, 1.54) is 11.1 Å². The van der Waals surface area contributed by atoms with Gasteiger partial charge < -0.3 is 5.32 Å². The predicted molar refractivity (Wildman–Crippen MR) is 88.8 cm³/mol. The number of anilines is 1. The Morgan fingerprint density at radius 3 is 2.48 bits per heavy atom. The highest BCUT2D eigenvalue weighted by atomic mass is 35.5. The number of amides is 1. The van der Waals surface area contributed by atoms with Gasteiger partial charge >= 0.3 is 0 Å². The number of aryl methyl sites for hydroxylation is 2. The van der Waals surface area contributed by atoms with Gasteiger partial charge in [0.05, 0.1) is 5.38 Å². The SMILES string of the molecule is Cc1ccc(CCC(=O)Nc2ccccc2C(C)Cl)cc1. The van der Waals surface area contributed by atoms with Crippen LogP contribution >= 0.6 is 11.6 Å². The first-order chi connectivity index (χ1) is 10.1. The second kappa shape index (κ2) is 7.28. The summed E-state index contributed by atoms with van der Waals surface area (Å²) in [7, 11) is 0. The number of benzene rings is 2. The van der Waals surface area contributed by atoms with Gasteiger partial charge in [-0.05, 0) is 37.5 Å². The van der Waals surface area contributed by atoms with Crippen LogP contribution in [0.3, 0.4) is 0 Å². The third-order valence-corrected chi connectivity index (χ3v) is 3.66. The van der Waals surface area contributed by atoms with Gasteiger partial charge in [0, 0.05) is 12.1 Å². The van der Waals surface area contributed by atoms with Crippen molar-refractivity contribution in [2.45, 2.75) is 32.1 Å². The molecular formula is C18H20ClNO. The first kappa shape index (κ1) is 15.6. The van der Waals surface area contributed by atoms with Gasteiger partial charge in [-0.15, -0.1) is 11.6 Å². The number of carbonyl (C=O) groups is 1. The van der Waals surface area contributed by atoms with Gasteiger partial charge in [0.25, 0.3) is 0 Å². The first-order valence-electron chi connectivity index (χ1n) is 7.14. The van der Waals surface area contributed by atoms with Crippen molar-refractivity contribution < 1.29 is 4.79 Å². The molecule has 0 aliphatic rings. The minimum Gasteiger partial charge on any atom is -0.326 e. The fourth-order valence-electron chi connectivity index (χ4n) is 2.18. The minimum atomic E-state index is -0.126. The standard InChI is InChI=1S/C18H20ClNO/c1-13-7-9-15(10-8-13)11-12-18(21)20-17-6-4-3-5-16(17)14(2)19/h3-10,14H,11-12H2,1-2H3,(H,20,21). The molecule has 1 N–H and O–H groups in total. The molecule has 2 nitrogen and oxygen atoms in total. The van der Waals surface area contributed by atoms with E-state index in [9.17, 15) is 4.79 Å². The van der Waals surface area contributed by atoms with Gasteiger partial charge in [-0.25, -0.2) is 0 Å². The van der Waals surface area contributed by atoms with Crippen LogP contribution in [0.5, 0.6) is 0 Å². The molecule has 2 rings (SSSR count). The smallest absolute Gasteiger partial charge is 0.224 e. The van der Waals surface area contributed by atoms with Crippen molar-refractivity contribution in [3.8, 4) is 0 Å². The third kappa shape index (κ3) is 4.61. The summed E-state index contributed by atoms with van der Waals surface area (Å²) in [6.07, 6.45) is 1.21. The summed E-state index contributed by atoms with van der Waals surface area (Å²) in [5, 5.41) is 2.82. The van der Waals surface area contributed by atoms with Gasteiger partial charge in [-0.1, -0.05) is 48.0 Å². The maximum Gasteiger partial charge on any atom is 0.224 e. The molecule has 0 saturated carbocycles. The number of nitrogens with one attached hydrogen (secondary N) is 1. The molecule has 1 atom stereocenters. The van der Waals surface area contributed by atoms with Crippen molar-refractivity contribution >= 4 is 23.2 Å². The van der Waals surface area contributed by atoms with Crippen molar-refractivity contribution in [2.24, 2.45) is 0 Å². The Labute approximate surface area is 131 Å². The number of carbonyl (C=O) groups excluding carboxylic acids is 1. The second-order valence-corrected chi connectivity index (χ2v) is 5.89. The lowest BCUT2D eigenvalue weighted by Gasteiger charge is -2.12. The summed E-state index contributed by atoms with van der Waals surface area (Å²) in [6, 6.07) is 15.9. The van der Waals surface area contributed by atoms with Gasteiger partial charge in [0.1, 0.15) is 0 Å². The average molecular weight is 302 g/mol. The van der Waals surface area contributed by atoms with E-state index in [-0.39, 0.29) is 11.3 Å². The number of alkyl halides is 1. The van der Waals surface area contributed by atoms with E-state index in [2.05, 4.69) is 36.5 Å². The van der Waals surface area contributed by atoms with E-state index in [0.717, 1.165) is 17.7 Å². The van der Waals surface area contributed by atoms with Crippen molar-refractivity contribution in [2.75, 3.05) is 5.32 Å². The Hall–Kier alpha value is -1.80. The third-order valence-electron chi connectivity index (χ3n) is 3.42. The zero-order chi connectivity index (χ0) is 15.2. The van der Waals surface area contributed by atoms with Gasteiger partial charge in [-0.2, -0.15) is 0 Å². The quantitative estimate of drug-likeness (QED) is 0.785. The van der Waals surface area contributed by atoms with Gasteiger partial charge in [-0.3, -0.25) is 4.79 Å². The van der Waals surface area contributed by atoms with Crippen molar-refractivity contribution in [1.29, 1.82) is 0 Å². The highest BCUT2D eigenvalue weighted by Crippen LogP contribution is 2.27. The van der Waals surface area contributed by atoms with Crippen LogP contribution in [0.15, 0.2) is 48.5 Å². The molecule has 0 saturated heterocycles. The number of para-hydroxylation sites is 1. The van der Waals surface area contributed by atoms with E-state index in [4.69, 9.17) is 11.6 Å². The van der Waals surface area contributed by atoms with Crippen LogP contribution in [0.4, 0.5) is 5.69 Å². The summed E-state index contributed by atoms with van der Waals surface area (Å²) in [5.41, 5.74) is 4.15. The Morgan fingerprint density at radius 2 is 1.81 bits per heavy atom. The van der Waals surface area contributed by atoms with E-state index in [1.807, 2.05) is 31.2 Å². The normalized spacial score (nSPS) is 12.0. The van der Waals surface area contributed by atoms with Gasteiger partial charge in [0.15, 0.2) is 0 Å². The van der Waals surface area contributed by atoms with Crippen LogP contribution in [0.2, 0.25) is 0 Å². The molecule has 110 valence electrons. The lowest BCUT2D eigenvalue weighted by Crippen LogP contribution is -2.13. The topological polar surface area (TPSA) is 29.1 Å². The Bertz CT molecular complexity index is 605. The average Bonchev–Trinajstić information content (AvgIpc) is 2.47. The monoisotopic (exact) mass is 301 g/mol. The zero-order valence-electron chi connectivity index (χ0n) is 12.4. The van der Waals surface area contributed by atoms with Crippen molar-refractivity contribution in [1.82, 2.24) is 0 Å². The molecule has 0 heterocycles. The Kier molecular flexibility index (Phi) is 5.40. The summed E-state index contributed by atoms with van der Waals surface area (Å²) >= 11 is 6.13. The van der Waals surface area contributed by atoms with E-state index >= 15 is 0 Å². The van der Waals surface area contributed by atoms with E-state index in [0.29, 0.717) is 6.42 Å². The predicted octanol–water partition coefficient (Wildman–Crippen LogP) is 4.87. The number of hydrogen-bond donors (Lipinski definition) is 1. The molecule has 0 spiro atoms. The maximum absolute atomic E-state index is 12.1. The molecule has 1 unspecified atom stereocenters. The van der Waals surface area contributed by atoms with Crippen LogP contribution in [0.1, 0.15) is 35.4 Å². The highest BCUT2D eigenvalue weighted by molar-refractivity contribution is 6.21. The first-order valence-corrected chi connectivity index (χ1v) is 7.58. The number of rotatable bonds is 5. The number of hydrogen-bond acceptors (Lipinski definition) is 1. The van der Waals surface area contributed by atoms with Crippen LogP contribution in [0, 0.1) is 6.92 Å². The molecule has 0 aromatic heterocycles. The molecular weight excluding hydrogens is 282 g/mol. The molecule has 0 fully saturated rings. The molecule has 0 bridgehead atoms. The summed E-state index contributed by atoms with van der Waals surface area (Å²) in [6.45, 7) is 3.96. The zero-order valence-corrected chi connectivity index (χ0v) is 13.2. The second-order valence-electron chi connectivity index (χ2n) is 5.24. The minimum absolute atomic E-state index is 0.0142. The molecule has 2 aromatic carbocycles. The Balaban J connectivity index is 1.94. The fourth-order valence-corrected chi connectivity index (χ4v) is 2.37. The summed E-state index contributed by atoms with van der Waals surface area (Å²) in [4.78, 5) is 12.1. The molecule has 0 radical (unpaired) electrons. The molecule has 0 aliphatic carbocycles. The van der Waals surface area contributed by atoms with Crippen molar-refractivity contribution in [3.05, 3.63) is 65.2 Å². The summed E-state index contributed by atoms with van der Waals surface area (Å²) < 4.78 is 0. The Morgan fingerprint density at radius 1 is 1.14 bits per heavy atom. The summed E-state index contributed by atoms with van der Waals surface area (Å²) in [5.74, 6) is 0.0142.